The Hall–Kier alpha value is -3.96. The van der Waals surface area contributed by atoms with E-state index < -0.39 is 22.5 Å². The first kappa shape index (κ1) is 19.4. The number of aryl methyl sites for hydroxylation is 2. The number of fused-ring (bicyclic) bond motifs is 2. The maximum absolute atomic E-state index is 12.5. The van der Waals surface area contributed by atoms with Crippen molar-refractivity contribution in [1.29, 1.82) is 0 Å². The van der Waals surface area contributed by atoms with Crippen LogP contribution in [0.15, 0.2) is 44.0 Å². The van der Waals surface area contributed by atoms with Gasteiger partial charge in [-0.3, -0.25) is 27.9 Å². The molecule has 4 heterocycles. The van der Waals surface area contributed by atoms with Crippen molar-refractivity contribution in [3.05, 3.63) is 66.5 Å². The maximum Gasteiger partial charge on any atom is 0.332 e. The molecule has 0 bridgehead atoms. The van der Waals surface area contributed by atoms with E-state index in [2.05, 4.69) is 9.97 Å². The van der Waals surface area contributed by atoms with Crippen LogP contribution in [0.2, 0.25) is 0 Å². The predicted molar refractivity (Wildman–Crippen MR) is 110 cm³/mol. The molecule has 0 aromatic carbocycles. The van der Waals surface area contributed by atoms with Crippen LogP contribution in [0.3, 0.4) is 0 Å². The summed E-state index contributed by atoms with van der Waals surface area (Å²) in [5.41, 5.74) is -0.383. The van der Waals surface area contributed by atoms with Gasteiger partial charge in [0.1, 0.15) is 0 Å². The Morgan fingerprint density at radius 3 is 1.40 bits per heavy atom. The van der Waals surface area contributed by atoms with Crippen LogP contribution < -0.4 is 22.5 Å². The minimum Gasteiger partial charge on any atom is -0.321 e. The highest BCUT2D eigenvalue weighted by atomic mass is 16.2. The second kappa shape index (κ2) is 6.83. The number of aromatic nitrogens is 8. The molecule has 0 atom stereocenters. The molecule has 4 rings (SSSR count). The van der Waals surface area contributed by atoms with Crippen LogP contribution in [0.5, 0.6) is 0 Å². The van der Waals surface area contributed by atoms with E-state index in [9.17, 15) is 19.2 Å². The third kappa shape index (κ3) is 2.68. The number of hydrogen-bond acceptors (Lipinski definition) is 6. The van der Waals surface area contributed by atoms with E-state index in [1.54, 1.807) is 23.2 Å². The second-order valence-electron chi connectivity index (χ2n) is 7.02. The SMILES string of the molecule is Cn1c(=O)c2c(ncn2C/C=C/Cn2cnc3c2c(=O)n(C)c(=O)n3C)n(C)c1=O. The molecule has 0 radical (unpaired) electrons. The zero-order valence-electron chi connectivity index (χ0n) is 16.9. The van der Waals surface area contributed by atoms with Crippen LogP contribution in [0.1, 0.15) is 0 Å². The fraction of sp³-hybridized carbons (Fsp3) is 0.333. The van der Waals surface area contributed by atoms with Gasteiger partial charge in [0.15, 0.2) is 22.3 Å². The summed E-state index contributed by atoms with van der Waals surface area (Å²) in [5, 5.41) is 0. The number of nitrogens with zero attached hydrogens (tertiary/aromatic N) is 8. The van der Waals surface area contributed by atoms with E-state index in [4.69, 9.17) is 0 Å². The summed E-state index contributed by atoms with van der Waals surface area (Å²) < 4.78 is 8.05. The van der Waals surface area contributed by atoms with E-state index in [1.165, 1.54) is 35.9 Å². The van der Waals surface area contributed by atoms with Crippen LogP contribution >= 0.6 is 0 Å². The van der Waals surface area contributed by atoms with Gasteiger partial charge in [-0.2, -0.15) is 0 Å². The third-order valence-electron chi connectivity index (χ3n) is 5.21. The lowest BCUT2D eigenvalue weighted by atomic mass is 10.4. The second-order valence-corrected chi connectivity index (χ2v) is 7.02. The highest BCUT2D eigenvalue weighted by Gasteiger charge is 2.14. The lowest BCUT2D eigenvalue weighted by Crippen LogP contribution is -2.37. The normalized spacial score (nSPS) is 12.0. The van der Waals surface area contributed by atoms with Crippen molar-refractivity contribution in [2.24, 2.45) is 28.2 Å². The summed E-state index contributed by atoms with van der Waals surface area (Å²) in [5.74, 6) is 0. The molecule has 0 spiro atoms. The van der Waals surface area contributed by atoms with Gasteiger partial charge in [-0.05, 0) is 0 Å². The number of allylic oxidation sites excluding steroid dienone is 2. The Morgan fingerprint density at radius 2 is 1.03 bits per heavy atom. The molecule has 0 N–H and O–H groups in total. The Bertz CT molecular complexity index is 1450. The summed E-state index contributed by atoms with van der Waals surface area (Å²) in [6.45, 7) is 0.708. The van der Waals surface area contributed by atoms with Crippen molar-refractivity contribution < 1.29 is 0 Å². The van der Waals surface area contributed by atoms with E-state index in [-0.39, 0.29) is 0 Å². The smallest absolute Gasteiger partial charge is 0.321 e. The zero-order chi connectivity index (χ0) is 21.7. The molecule has 0 unspecified atom stereocenters. The fourth-order valence-electron chi connectivity index (χ4n) is 3.45. The summed E-state index contributed by atoms with van der Waals surface area (Å²) in [6.07, 6.45) is 6.66. The molecule has 30 heavy (non-hydrogen) atoms. The first-order valence-corrected chi connectivity index (χ1v) is 9.10. The molecule has 0 saturated heterocycles. The summed E-state index contributed by atoms with van der Waals surface area (Å²) >= 11 is 0. The summed E-state index contributed by atoms with van der Waals surface area (Å²) in [7, 11) is 5.98. The van der Waals surface area contributed by atoms with Crippen molar-refractivity contribution in [2.45, 2.75) is 13.1 Å². The molecular weight excluding hydrogens is 392 g/mol. The minimum absolute atomic E-state index is 0.321. The van der Waals surface area contributed by atoms with E-state index in [1.807, 2.05) is 12.2 Å². The van der Waals surface area contributed by atoms with E-state index in [0.717, 1.165) is 9.13 Å². The molecule has 156 valence electrons. The maximum atomic E-state index is 12.5. The monoisotopic (exact) mass is 412 g/mol. The van der Waals surface area contributed by atoms with Crippen molar-refractivity contribution in [3.63, 3.8) is 0 Å². The molecule has 4 aromatic rings. The first-order chi connectivity index (χ1) is 14.2. The van der Waals surface area contributed by atoms with Crippen LogP contribution in [0.25, 0.3) is 22.3 Å². The van der Waals surface area contributed by atoms with Gasteiger partial charge >= 0.3 is 11.4 Å². The average Bonchev–Trinajstić information content (AvgIpc) is 3.35. The van der Waals surface area contributed by atoms with Gasteiger partial charge in [-0.25, -0.2) is 19.6 Å². The van der Waals surface area contributed by atoms with Crippen molar-refractivity contribution in [3.8, 4) is 0 Å². The number of hydrogen-bond donors (Lipinski definition) is 0. The van der Waals surface area contributed by atoms with Crippen molar-refractivity contribution in [1.82, 2.24) is 37.4 Å². The van der Waals surface area contributed by atoms with Gasteiger partial charge in [-0.15, -0.1) is 0 Å². The Balaban J connectivity index is 1.65. The molecule has 12 heteroatoms. The van der Waals surface area contributed by atoms with Crippen LogP contribution in [-0.4, -0.2) is 37.4 Å². The summed E-state index contributed by atoms with van der Waals surface area (Å²) in [6, 6.07) is 0. The van der Waals surface area contributed by atoms with Gasteiger partial charge in [-0.1, -0.05) is 12.2 Å². The highest BCUT2D eigenvalue weighted by molar-refractivity contribution is 5.70. The topological polar surface area (TPSA) is 124 Å². The van der Waals surface area contributed by atoms with Gasteiger partial charge in [0, 0.05) is 41.3 Å². The number of imidazole rings is 2. The van der Waals surface area contributed by atoms with Crippen molar-refractivity contribution >= 4 is 22.3 Å². The predicted octanol–water partition coefficient (Wildman–Crippen LogP) is -1.56. The fourth-order valence-corrected chi connectivity index (χ4v) is 3.45. The lowest BCUT2D eigenvalue weighted by Gasteiger charge is -2.05. The standard InChI is InChI=1S/C18H20N8O4/c1-21-13-11(15(27)23(3)17(21)29)25(9-19-13)7-5-6-8-26-10-20-14-12(26)16(28)24(4)18(30)22(14)2/h5-6,9-10H,7-8H2,1-4H3/b6-5+. The third-order valence-corrected chi connectivity index (χ3v) is 5.21. The van der Waals surface area contributed by atoms with E-state index >= 15 is 0 Å². The molecule has 0 aliphatic carbocycles. The van der Waals surface area contributed by atoms with Gasteiger partial charge in [0.2, 0.25) is 0 Å². The molecule has 0 amide bonds. The van der Waals surface area contributed by atoms with Gasteiger partial charge < -0.3 is 9.13 Å². The largest absolute Gasteiger partial charge is 0.332 e. The molecule has 12 nitrogen and oxygen atoms in total. The molecule has 4 aromatic heterocycles. The molecule has 0 aliphatic heterocycles. The first-order valence-electron chi connectivity index (χ1n) is 9.10. The molecule has 0 aliphatic rings. The van der Waals surface area contributed by atoms with Crippen LogP contribution in [0, 0.1) is 0 Å². The molecular formula is C18H20N8O4. The van der Waals surface area contributed by atoms with Gasteiger partial charge in [0.05, 0.1) is 12.7 Å². The van der Waals surface area contributed by atoms with Crippen LogP contribution in [-0.2, 0) is 41.3 Å². The minimum atomic E-state index is -0.434. The zero-order valence-corrected chi connectivity index (χ0v) is 16.9. The number of rotatable bonds is 4. The van der Waals surface area contributed by atoms with Gasteiger partial charge in [0.25, 0.3) is 11.1 Å². The Kier molecular flexibility index (Phi) is 4.41. The molecule has 0 fully saturated rings. The van der Waals surface area contributed by atoms with Crippen molar-refractivity contribution in [2.75, 3.05) is 0 Å². The van der Waals surface area contributed by atoms with Crippen LogP contribution in [0.4, 0.5) is 0 Å². The van der Waals surface area contributed by atoms with E-state index in [0.29, 0.717) is 35.4 Å². The summed E-state index contributed by atoms with van der Waals surface area (Å²) in [4.78, 5) is 57.3. The molecule has 0 saturated carbocycles. The lowest BCUT2D eigenvalue weighted by molar-refractivity contribution is 0.702. The average molecular weight is 412 g/mol. The Morgan fingerprint density at radius 1 is 0.667 bits per heavy atom. The Labute approximate surface area is 168 Å². The quantitative estimate of drug-likeness (QED) is 0.373. The highest BCUT2D eigenvalue weighted by Crippen LogP contribution is 2.07.